The van der Waals surface area contributed by atoms with Gasteiger partial charge >= 0.3 is 12.1 Å². The maximum Gasteiger partial charge on any atom is 0.416 e. The fourth-order valence-electron chi connectivity index (χ4n) is 1.19. The highest BCUT2D eigenvalue weighted by molar-refractivity contribution is 9.08. The molecule has 1 rings (SSSR count). The van der Waals surface area contributed by atoms with E-state index >= 15 is 0 Å². The van der Waals surface area contributed by atoms with Gasteiger partial charge in [0.1, 0.15) is 5.15 Å². The predicted molar refractivity (Wildman–Crippen MR) is 58.2 cm³/mol. The van der Waals surface area contributed by atoms with Gasteiger partial charge < -0.3 is 4.74 Å². The minimum absolute atomic E-state index is 0.184. The number of carbonyl (C=O) groups excluding carboxylic acids is 1. The van der Waals surface area contributed by atoms with E-state index in [2.05, 4.69) is 25.7 Å². The summed E-state index contributed by atoms with van der Waals surface area (Å²) in [7, 11) is 1.05. The van der Waals surface area contributed by atoms with Crippen molar-refractivity contribution in [3.8, 4) is 0 Å². The highest BCUT2D eigenvalue weighted by Crippen LogP contribution is 2.35. The van der Waals surface area contributed by atoms with E-state index in [1.54, 1.807) is 0 Å². The van der Waals surface area contributed by atoms with Crippen LogP contribution in [0.15, 0.2) is 6.07 Å². The van der Waals surface area contributed by atoms with E-state index in [1.807, 2.05) is 0 Å². The summed E-state index contributed by atoms with van der Waals surface area (Å²) in [5.74, 6) is -0.965. The first kappa shape index (κ1) is 14.2. The fourth-order valence-corrected chi connectivity index (χ4v) is 1.96. The topological polar surface area (TPSA) is 39.2 Å². The van der Waals surface area contributed by atoms with Crippen LogP contribution in [0.25, 0.3) is 0 Å². The quantitative estimate of drug-likeness (QED) is 0.473. The van der Waals surface area contributed by atoms with Gasteiger partial charge in [0.25, 0.3) is 0 Å². The second-order valence-electron chi connectivity index (χ2n) is 2.94. The van der Waals surface area contributed by atoms with Crippen molar-refractivity contribution in [3.63, 3.8) is 0 Å². The molecule has 0 unspecified atom stereocenters. The van der Waals surface area contributed by atoms with E-state index in [0.29, 0.717) is 6.07 Å². The zero-order chi connectivity index (χ0) is 13.2. The minimum Gasteiger partial charge on any atom is -0.464 e. The molecule has 0 saturated heterocycles. The SMILES string of the molecule is COC(=O)c1nc(Cl)cc(C(F)(F)F)c1CBr. The minimum atomic E-state index is -4.61. The van der Waals surface area contributed by atoms with Gasteiger partial charge in [-0.2, -0.15) is 13.2 Å². The third-order valence-corrected chi connectivity index (χ3v) is 2.67. The number of aromatic nitrogens is 1. The molecule has 0 bridgehead atoms. The Hall–Kier alpha value is -0.820. The van der Waals surface area contributed by atoms with Gasteiger partial charge in [0, 0.05) is 10.9 Å². The van der Waals surface area contributed by atoms with Crippen molar-refractivity contribution in [2.24, 2.45) is 0 Å². The van der Waals surface area contributed by atoms with E-state index < -0.39 is 28.6 Å². The predicted octanol–water partition coefficient (Wildman–Crippen LogP) is 3.44. The van der Waals surface area contributed by atoms with Gasteiger partial charge in [-0.25, -0.2) is 9.78 Å². The molecule has 0 fully saturated rings. The molecule has 17 heavy (non-hydrogen) atoms. The van der Waals surface area contributed by atoms with E-state index in [-0.39, 0.29) is 10.9 Å². The van der Waals surface area contributed by atoms with Crippen molar-refractivity contribution in [3.05, 3.63) is 28.0 Å². The van der Waals surface area contributed by atoms with E-state index in [4.69, 9.17) is 11.6 Å². The first-order valence-corrected chi connectivity index (χ1v) is 5.72. The summed E-state index contributed by atoms with van der Waals surface area (Å²) >= 11 is 8.33. The standard InChI is InChI=1S/C9H6BrClF3NO2/c1-17-8(16)7-4(3-10)5(9(12,13)14)2-6(11)15-7/h2H,3H2,1H3. The molecule has 0 aliphatic carbocycles. The molecule has 0 aliphatic rings. The second-order valence-corrected chi connectivity index (χ2v) is 3.89. The van der Waals surface area contributed by atoms with Crippen LogP contribution in [0.3, 0.4) is 0 Å². The molecule has 1 aromatic rings. The van der Waals surface area contributed by atoms with E-state index in [1.165, 1.54) is 0 Å². The lowest BCUT2D eigenvalue weighted by atomic mass is 10.1. The number of halogens is 5. The van der Waals surface area contributed by atoms with Crippen LogP contribution in [-0.2, 0) is 16.2 Å². The molecule has 0 saturated carbocycles. The number of hydrogen-bond acceptors (Lipinski definition) is 3. The monoisotopic (exact) mass is 331 g/mol. The molecule has 0 amide bonds. The molecule has 0 radical (unpaired) electrons. The Morgan fingerprint density at radius 1 is 1.59 bits per heavy atom. The van der Waals surface area contributed by atoms with Crippen LogP contribution in [-0.4, -0.2) is 18.1 Å². The Labute approximate surface area is 108 Å². The molecule has 0 N–H and O–H groups in total. The number of ether oxygens (including phenoxy) is 1. The Morgan fingerprint density at radius 2 is 2.18 bits per heavy atom. The second kappa shape index (κ2) is 5.22. The highest BCUT2D eigenvalue weighted by atomic mass is 79.9. The van der Waals surface area contributed by atoms with Crippen LogP contribution in [0.5, 0.6) is 0 Å². The molecule has 0 spiro atoms. The van der Waals surface area contributed by atoms with Crippen molar-refractivity contribution in [1.82, 2.24) is 4.98 Å². The lowest BCUT2D eigenvalue weighted by molar-refractivity contribution is -0.138. The Morgan fingerprint density at radius 3 is 2.59 bits per heavy atom. The van der Waals surface area contributed by atoms with Gasteiger partial charge in [0.2, 0.25) is 0 Å². The van der Waals surface area contributed by atoms with Crippen molar-refractivity contribution in [2.45, 2.75) is 11.5 Å². The lowest BCUT2D eigenvalue weighted by Crippen LogP contribution is -2.16. The molecule has 0 atom stereocenters. The number of rotatable bonds is 2. The molecule has 94 valence electrons. The highest BCUT2D eigenvalue weighted by Gasteiger charge is 2.36. The number of hydrogen-bond donors (Lipinski definition) is 0. The number of alkyl halides is 4. The van der Waals surface area contributed by atoms with E-state index in [9.17, 15) is 18.0 Å². The van der Waals surface area contributed by atoms with Crippen LogP contribution in [0.2, 0.25) is 5.15 Å². The molecule has 8 heteroatoms. The number of methoxy groups -OCH3 is 1. The van der Waals surface area contributed by atoms with Crippen LogP contribution in [0, 0.1) is 0 Å². The average molecular weight is 333 g/mol. The Kier molecular flexibility index (Phi) is 4.37. The summed E-state index contributed by atoms with van der Waals surface area (Å²) < 4.78 is 42.5. The van der Waals surface area contributed by atoms with Gasteiger partial charge in [0.05, 0.1) is 12.7 Å². The van der Waals surface area contributed by atoms with Gasteiger partial charge in [-0.1, -0.05) is 27.5 Å². The number of carbonyl (C=O) groups is 1. The van der Waals surface area contributed by atoms with Crippen LogP contribution in [0.4, 0.5) is 13.2 Å². The van der Waals surface area contributed by atoms with Gasteiger partial charge in [-0.05, 0) is 6.07 Å². The maximum absolute atomic E-state index is 12.7. The normalized spacial score (nSPS) is 11.4. The molecule has 1 heterocycles. The van der Waals surface area contributed by atoms with Gasteiger partial charge in [-0.15, -0.1) is 0 Å². The summed E-state index contributed by atoms with van der Waals surface area (Å²) in [5.41, 5.74) is -1.74. The summed E-state index contributed by atoms with van der Waals surface area (Å²) in [4.78, 5) is 14.8. The first-order valence-electron chi connectivity index (χ1n) is 4.22. The van der Waals surface area contributed by atoms with E-state index in [0.717, 1.165) is 7.11 Å². The van der Waals surface area contributed by atoms with Crippen molar-refractivity contribution >= 4 is 33.5 Å². The molecule has 3 nitrogen and oxygen atoms in total. The summed E-state index contributed by atoms with van der Waals surface area (Å²) in [6, 6.07) is 0.671. The summed E-state index contributed by atoms with van der Waals surface area (Å²) in [6.07, 6.45) is -4.61. The smallest absolute Gasteiger partial charge is 0.416 e. The third-order valence-electron chi connectivity index (χ3n) is 1.91. The zero-order valence-corrected chi connectivity index (χ0v) is 10.8. The molecule has 0 aliphatic heterocycles. The van der Waals surface area contributed by atoms with Crippen molar-refractivity contribution < 1.29 is 22.7 Å². The maximum atomic E-state index is 12.7. The van der Waals surface area contributed by atoms with Crippen LogP contribution >= 0.6 is 27.5 Å². The molecule has 0 aromatic carbocycles. The van der Waals surface area contributed by atoms with Crippen LogP contribution < -0.4 is 0 Å². The van der Waals surface area contributed by atoms with Crippen molar-refractivity contribution in [1.29, 1.82) is 0 Å². The lowest BCUT2D eigenvalue weighted by Gasteiger charge is -2.14. The Balaban J connectivity index is 3.52. The summed E-state index contributed by atoms with van der Waals surface area (Å²) in [5, 5.41) is -0.599. The third kappa shape index (κ3) is 3.10. The van der Waals surface area contributed by atoms with Crippen molar-refractivity contribution in [2.75, 3.05) is 7.11 Å². The summed E-state index contributed by atoms with van der Waals surface area (Å²) in [6.45, 7) is 0. The molecular formula is C9H6BrClF3NO2. The number of esters is 1. The van der Waals surface area contributed by atoms with Crippen LogP contribution in [0.1, 0.15) is 21.6 Å². The number of pyridine rings is 1. The Bertz CT molecular complexity index is 451. The van der Waals surface area contributed by atoms with Gasteiger partial charge in [-0.3, -0.25) is 0 Å². The average Bonchev–Trinajstić information content (AvgIpc) is 2.25. The molecule has 1 aromatic heterocycles. The number of nitrogens with zero attached hydrogens (tertiary/aromatic N) is 1. The molecular weight excluding hydrogens is 326 g/mol. The van der Waals surface area contributed by atoms with Gasteiger partial charge in [0.15, 0.2) is 5.69 Å². The fraction of sp³-hybridized carbons (Fsp3) is 0.333. The largest absolute Gasteiger partial charge is 0.464 e. The zero-order valence-electron chi connectivity index (χ0n) is 8.44. The first-order chi connectivity index (χ1) is 7.81.